The van der Waals surface area contributed by atoms with Crippen LogP contribution in [0.2, 0.25) is 0 Å². The standard InChI is InChI=1S/C10H13N5O/c1-16-8-5-3-2-4-7(8)6-12-10-13-9(11)14-15-10/h2-5H,6H2,1H3,(H4,11,12,13,14,15). The molecule has 0 amide bonds. The molecule has 0 aliphatic heterocycles. The molecule has 0 saturated carbocycles. The summed E-state index contributed by atoms with van der Waals surface area (Å²) in [7, 11) is 1.64. The Morgan fingerprint density at radius 2 is 2.25 bits per heavy atom. The van der Waals surface area contributed by atoms with Crippen molar-refractivity contribution in [1.82, 2.24) is 15.2 Å². The van der Waals surface area contributed by atoms with Gasteiger partial charge < -0.3 is 15.8 Å². The fourth-order valence-corrected chi connectivity index (χ4v) is 1.38. The molecule has 0 fully saturated rings. The number of benzene rings is 1. The molecular formula is C10H13N5O. The minimum absolute atomic E-state index is 0.294. The molecule has 6 nitrogen and oxygen atoms in total. The number of rotatable bonds is 4. The smallest absolute Gasteiger partial charge is 0.243 e. The van der Waals surface area contributed by atoms with Crippen LogP contribution in [0.5, 0.6) is 5.75 Å². The van der Waals surface area contributed by atoms with Gasteiger partial charge in [-0.2, -0.15) is 4.98 Å². The van der Waals surface area contributed by atoms with Crippen molar-refractivity contribution < 1.29 is 4.74 Å². The summed E-state index contributed by atoms with van der Waals surface area (Å²) >= 11 is 0. The third-order valence-corrected chi connectivity index (χ3v) is 2.13. The minimum atomic E-state index is 0.294. The number of ether oxygens (including phenoxy) is 1. The average Bonchev–Trinajstić information content (AvgIpc) is 2.73. The maximum absolute atomic E-state index is 5.41. The molecule has 0 saturated heterocycles. The van der Waals surface area contributed by atoms with Crippen LogP contribution in [0.25, 0.3) is 0 Å². The largest absolute Gasteiger partial charge is 0.496 e. The van der Waals surface area contributed by atoms with Gasteiger partial charge in [-0.25, -0.2) is 5.10 Å². The Balaban J connectivity index is 2.04. The Kier molecular flexibility index (Phi) is 2.90. The van der Waals surface area contributed by atoms with E-state index in [4.69, 9.17) is 10.5 Å². The number of para-hydroxylation sites is 1. The predicted molar refractivity (Wildman–Crippen MR) is 61.1 cm³/mol. The van der Waals surface area contributed by atoms with Crippen molar-refractivity contribution in [2.75, 3.05) is 18.2 Å². The lowest BCUT2D eigenvalue weighted by molar-refractivity contribution is 0.410. The first kappa shape index (κ1) is 10.3. The molecule has 0 radical (unpaired) electrons. The van der Waals surface area contributed by atoms with Crippen LogP contribution in [0.3, 0.4) is 0 Å². The second-order valence-corrected chi connectivity index (χ2v) is 3.21. The molecular weight excluding hydrogens is 206 g/mol. The highest BCUT2D eigenvalue weighted by molar-refractivity contribution is 5.37. The van der Waals surface area contributed by atoms with Gasteiger partial charge in [-0.3, -0.25) is 0 Å². The van der Waals surface area contributed by atoms with Crippen LogP contribution < -0.4 is 15.8 Å². The molecule has 1 aromatic carbocycles. The molecule has 0 aliphatic carbocycles. The van der Waals surface area contributed by atoms with E-state index in [0.29, 0.717) is 18.4 Å². The zero-order valence-corrected chi connectivity index (χ0v) is 8.90. The Labute approximate surface area is 92.8 Å². The van der Waals surface area contributed by atoms with Crippen molar-refractivity contribution >= 4 is 11.9 Å². The molecule has 6 heteroatoms. The Bertz CT molecular complexity index is 468. The zero-order valence-electron chi connectivity index (χ0n) is 8.90. The Morgan fingerprint density at radius 1 is 1.44 bits per heavy atom. The molecule has 2 aromatic rings. The lowest BCUT2D eigenvalue weighted by atomic mass is 10.2. The van der Waals surface area contributed by atoms with E-state index >= 15 is 0 Å². The Hall–Kier alpha value is -2.24. The van der Waals surface area contributed by atoms with Crippen molar-refractivity contribution in [1.29, 1.82) is 0 Å². The summed E-state index contributed by atoms with van der Waals surface area (Å²) in [5.41, 5.74) is 6.45. The number of hydrogen-bond acceptors (Lipinski definition) is 5. The molecule has 84 valence electrons. The number of aromatic nitrogens is 3. The van der Waals surface area contributed by atoms with Gasteiger partial charge in [0.05, 0.1) is 7.11 Å². The lowest BCUT2D eigenvalue weighted by Gasteiger charge is -2.07. The summed E-state index contributed by atoms with van der Waals surface area (Å²) in [6.45, 7) is 0.585. The van der Waals surface area contributed by atoms with Gasteiger partial charge in [0.25, 0.3) is 0 Å². The molecule has 1 aromatic heterocycles. The first-order valence-corrected chi connectivity index (χ1v) is 4.83. The van der Waals surface area contributed by atoms with E-state index in [1.807, 2.05) is 24.3 Å². The summed E-state index contributed by atoms with van der Waals surface area (Å²) in [5, 5.41) is 9.47. The molecule has 1 heterocycles. The third kappa shape index (κ3) is 2.22. The Morgan fingerprint density at radius 3 is 2.94 bits per heavy atom. The van der Waals surface area contributed by atoms with Gasteiger partial charge in [0.2, 0.25) is 11.9 Å². The number of nitrogen functional groups attached to an aromatic ring is 1. The van der Waals surface area contributed by atoms with Gasteiger partial charge in [0.15, 0.2) is 0 Å². The number of nitrogens with zero attached hydrogens (tertiary/aromatic N) is 2. The number of nitrogens with one attached hydrogen (secondary N) is 2. The maximum atomic E-state index is 5.41. The third-order valence-electron chi connectivity index (χ3n) is 2.13. The molecule has 4 N–H and O–H groups in total. The van der Waals surface area contributed by atoms with E-state index in [-0.39, 0.29) is 0 Å². The van der Waals surface area contributed by atoms with Crippen molar-refractivity contribution in [2.45, 2.75) is 6.54 Å². The summed E-state index contributed by atoms with van der Waals surface area (Å²) < 4.78 is 5.23. The van der Waals surface area contributed by atoms with Crippen LogP contribution >= 0.6 is 0 Å². The van der Waals surface area contributed by atoms with Crippen molar-refractivity contribution in [3.05, 3.63) is 29.8 Å². The van der Waals surface area contributed by atoms with Crippen LogP contribution in [0, 0.1) is 0 Å². The van der Waals surface area contributed by atoms with Crippen LogP contribution in [-0.4, -0.2) is 22.3 Å². The molecule has 0 spiro atoms. The predicted octanol–water partition coefficient (Wildman–Crippen LogP) is 1.01. The van der Waals surface area contributed by atoms with E-state index < -0.39 is 0 Å². The second-order valence-electron chi connectivity index (χ2n) is 3.21. The number of nitrogens with two attached hydrogens (primary N) is 1. The van der Waals surface area contributed by atoms with Gasteiger partial charge in [-0.15, -0.1) is 5.10 Å². The maximum Gasteiger partial charge on any atom is 0.243 e. The highest BCUT2D eigenvalue weighted by atomic mass is 16.5. The highest BCUT2D eigenvalue weighted by Crippen LogP contribution is 2.17. The van der Waals surface area contributed by atoms with Crippen LogP contribution in [0.4, 0.5) is 11.9 Å². The summed E-state index contributed by atoms with van der Waals surface area (Å²) in [4.78, 5) is 3.94. The number of H-pyrrole nitrogens is 1. The lowest BCUT2D eigenvalue weighted by Crippen LogP contribution is -2.02. The topological polar surface area (TPSA) is 88.8 Å². The van der Waals surface area contributed by atoms with Gasteiger partial charge in [-0.1, -0.05) is 18.2 Å². The fourth-order valence-electron chi connectivity index (χ4n) is 1.38. The summed E-state index contributed by atoms with van der Waals surface area (Å²) in [6, 6.07) is 7.75. The zero-order chi connectivity index (χ0) is 11.4. The van der Waals surface area contributed by atoms with Gasteiger partial charge in [0.1, 0.15) is 5.75 Å². The van der Waals surface area contributed by atoms with E-state index in [0.717, 1.165) is 11.3 Å². The molecule has 0 aliphatic rings. The first-order valence-electron chi connectivity index (χ1n) is 4.83. The summed E-state index contributed by atoms with van der Waals surface area (Å²) in [6.07, 6.45) is 0. The monoisotopic (exact) mass is 219 g/mol. The number of methoxy groups -OCH3 is 1. The van der Waals surface area contributed by atoms with Crippen LogP contribution in [0.15, 0.2) is 24.3 Å². The molecule has 16 heavy (non-hydrogen) atoms. The van der Waals surface area contributed by atoms with Gasteiger partial charge in [-0.05, 0) is 6.07 Å². The quantitative estimate of drug-likeness (QED) is 0.714. The molecule has 2 rings (SSSR count). The number of hydrogen-bond donors (Lipinski definition) is 3. The highest BCUT2D eigenvalue weighted by Gasteiger charge is 2.03. The van der Waals surface area contributed by atoms with Gasteiger partial charge in [0, 0.05) is 12.1 Å². The van der Waals surface area contributed by atoms with Crippen LogP contribution in [0.1, 0.15) is 5.56 Å². The van der Waals surface area contributed by atoms with Crippen LogP contribution in [-0.2, 0) is 6.54 Å². The SMILES string of the molecule is COc1ccccc1CNc1n[nH]c(N)n1. The molecule has 0 bridgehead atoms. The molecule has 0 unspecified atom stereocenters. The summed E-state index contributed by atoms with van der Waals surface area (Å²) in [5.74, 6) is 1.60. The fraction of sp³-hybridized carbons (Fsp3) is 0.200. The van der Waals surface area contributed by atoms with Crippen molar-refractivity contribution in [3.8, 4) is 5.75 Å². The molecule has 0 atom stereocenters. The average molecular weight is 219 g/mol. The normalized spacial score (nSPS) is 10.1. The number of aromatic amines is 1. The van der Waals surface area contributed by atoms with Crippen molar-refractivity contribution in [2.24, 2.45) is 0 Å². The second kappa shape index (κ2) is 4.52. The van der Waals surface area contributed by atoms with E-state index in [9.17, 15) is 0 Å². The van der Waals surface area contributed by atoms with E-state index in [1.54, 1.807) is 7.11 Å². The van der Waals surface area contributed by atoms with Crippen molar-refractivity contribution in [3.63, 3.8) is 0 Å². The van der Waals surface area contributed by atoms with E-state index in [2.05, 4.69) is 20.5 Å². The van der Waals surface area contributed by atoms with E-state index in [1.165, 1.54) is 0 Å². The first-order chi connectivity index (χ1) is 7.79. The minimum Gasteiger partial charge on any atom is -0.496 e. The van der Waals surface area contributed by atoms with Gasteiger partial charge >= 0.3 is 0 Å². The number of anilines is 2.